The molecule has 1 aliphatic heterocycles. The summed E-state index contributed by atoms with van der Waals surface area (Å²) in [6, 6.07) is 6.20. The Morgan fingerprint density at radius 3 is 2.95 bits per heavy atom. The first-order valence-electron chi connectivity index (χ1n) is 7.83. The Hall–Kier alpha value is -0.730. The molecule has 2 rings (SSSR count). The van der Waals surface area contributed by atoms with Crippen LogP contribution in [0.2, 0.25) is 5.02 Å². The Balaban J connectivity index is 1.83. The molecule has 0 unspecified atom stereocenters. The Morgan fingerprint density at radius 1 is 1.45 bits per heavy atom. The van der Waals surface area contributed by atoms with Gasteiger partial charge >= 0.3 is 0 Å². The Bertz CT molecular complexity index is 415. The first-order valence-corrected chi connectivity index (χ1v) is 8.21. The zero-order chi connectivity index (χ0) is 14.4. The van der Waals surface area contributed by atoms with Gasteiger partial charge in [0.15, 0.2) is 0 Å². The standard InChI is InChI=1S/C17H26ClNO/c1-3-13(2)15-6-7-17(16(18)11-15)20-10-8-14-5-4-9-19-12-14/h6-7,11,13-14,19H,3-5,8-10,12H2,1-2H3/t13-,14+/m1/s1. The number of halogens is 1. The zero-order valence-electron chi connectivity index (χ0n) is 12.6. The molecule has 1 N–H and O–H groups in total. The minimum atomic E-state index is 0.551. The molecule has 0 spiro atoms. The van der Waals surface area contributed by atoms with E-state index in [1.165, 1.54) is 24.9 Å². The Labute approximate surface area is 127 Å². The molecule has 2 atom stereocenters. The van der Waals surface area contributed by atoms with Gasteiger partial charge in [0.05, 0.1) is 11.6 Å². The van der Waals surface area contributed by atoms with Crippen LogP contribution in [-0.2, 0) is 0 Å². The summed E-state index contributed by atoms with van der Waals surface area (Å²) in [6.07, 6.45) is 4.84. The van der Waals surface area contributed by atoms with E-state index >= 15 is 0 Å². The van der Waals surface area contributed by atoms with Gasteiger partial charge in [0, 0.05) is 0 Å². The van der Waals surface area contributed by atoms with Crippen molar-refractivity contribution in [3.05, 3.63) is 28.8 Å². The van der Waals surface area contributed by atoms with E-state index in [0.717, 1.165) is 42.7 Å². The maximum Gasteiger partial charge on any atom is 0.137 e. The fourth-order valence-corrected chi connectivity index (χ4v) is 2.93. The van der Waals surface area contributed by atoms with Crippen LogP contribution < -0.4 is 10.1 Å². The van der Waals surface area contributed by atoms with Crippen molar-refractivity contribution < 1.29 is 4.74 Å². The van der Waals surface area contributed by atoms with E-state index in [1.54, 1.807) is 0 Å². The maximum absolute atomic E-state index is 6.31. The maximum atomic E-state index is 6.31. The molecule has 0 amide bonds. The lowest BCUT2D eigenvalue weighted by Crippen LogP contribution is -2.30. The van der Waals surface area contributed by atoms with Gasteiger partial charge in [-0.3, -0.25) is 0 Å². The third kappa shape index (κ3) is 4.39. The highest BCUT2D eigenvalue weighted by Gasteiger charge is 2.13. The number of hydrogen-bond donors (Lipinski definition) is 1. The van der Waals surface area contributed by atoms with E-state index in [9.17, 15) is 0 Å². The van der Waals surface area contributed by atoms with Crippen LogP contribution in [0, 0.1) is 5.92 Å². The van der Waals surface area contributed by atoms with Gasteiger partial charge in [0.2, 0.25) is 0 Å². The van der Waals surface area contributed by atoms with E-state index in [1.807, 2.05) is 12.1 Å². The van der Waals surface area contributed by atoms with Crippen LogP contribution >= 0.6 is 11.6 Å². The fraction of sp³-hybridized carbons (Fsp3) is 0.647. The van der Waals surface area contributed by atoms with Gasteiger partial charge in [0.25, 0.3) is 0 Å². The second-order valence-corrected chi connectivity index (χ2v) is 6.26. The molecule has 2 nitrogen and oxygen atoms in total. The monoisotopic (exact) mass is 295 g/mol. The van der Waals surface area contributed by atoms with Crippen molar-refractivity contribution in [2.45, 2.75) is 45.4 Å². The zero-order valence-corrected chi connectivity index (χ0v) is 13.4. The van der Waals surface area contributed by atoms with Crippen molar-refractivity contribution in [3.63, 3.8) is 0 Å². The molecule has 1 fully saturated rings. The largest absolute Gasteiger partial charge is 0.492 e. The quantitative estimate of drug-likeness (QED) is 0.826. The molecule has 0 radical (unpaired) electrons. The van der Waals surface area contributed by atoms with Crippen molar-refractivity contribution in [2.75, 3.05) is 19.7 Å². The van der Waals surface area contributed by atoms with Crippen LogP contribution in [0.15, 0.2) is 18.2 Å². The third-order valence-electron chi connectivity index (χ3n) is 4.32. The van der Waals surface area contributed by atoms with Crippen molar-refractivity contribution in [2.24, 2.45) is 5.92 Å². The molecule has 112 valence electrons. The number of piperidine rings is 1. The highest BCUT2D eigenvalue weighted by atomic mass is 35.5. The van der Waals surface area contributed by atoms with Crippen LogP contribution in [0.4, 0.5) is 0 Å². The normalized spacial score (nSPS) is 20.6. The average molecular weight is 296 g/mol. The lowest BCUT2D eigenvalue weighted by atomic mass is 9.97. The molecule has 0 aromatic heterocycles. The lowest BCUT2D eigenvalue weighted by molar-refractivity contribution is 0.254. The number of benzene rings is 1. The molecule has 1 aromatic rings. The Morgan fingerprint density at radius 2 is 2.30 bits per heavy atom. The van der Waals surface area contributed by atoms with Gasteiger partial charge in [-0.25, -0.2) is 0 Å². The smallest absolute Gasteiger partial charge is 0.137 e. The highest BCUT2D eigenvalue weighted by molar-refractivity contribution is 6.32. The van der Waals surface area contributed by atoms with E-state index in [-0.39, 0.29) is 0 Å². The highest BCUT2D eigenvalue weighted by Crippen LogP contribution is 2.30. The van der Waals surface area contributed by atoms with E-state index in [2.05, 4.69) is 25.2 Å². The van der Waals surface area contributed by atoms with Gasteiger partial charge in [-0.15, -0.1) is 0 Å². The fourth-order valence-electron chi connectivity index (χ4n) is 2.68. The first kappa shape index (κ1) is 15.7. The minimum Gasteiger partial charge on any atom is -0.492 e. The van der Waals surface area contributed by atoms with Gasteiger partial charge in [-0.1, -0.05) is 31.5 Å². The topological polar surface area (TPSA) is 21.3 Å². The van der Waals surface area contributed by atoms with E-state index in [0.29, 0.717) is 5.92 Å². The Kier molecular flexibility index (Phi) is 6.18. The van der Waals surface area contributed by atoms with E-state index < -0.39 is 0 Å². The predicted molar refractivity (Wildman–Crippen MR) is 85.9 cm³/mol. The van der Waals surface area contributed by atoms with Crippen LogP contribution in [0.5, 0.6) is 5.75 Å². The van der Waals surface area contributed by atoms with Crippen LogP contribution in [0.1, 0.15) is 51.0 Å². The summed E-state index contributed by atoms with van der Waals surface area (Å²) in [7, 11) is 0. The molecular formula is C17H26ClNO. The summed E-state index contributed by atoms with van der Waals surface area (Å²) in [5, 5.41) is 4.18. The summed E-state index contributed by atoms with van der Waals surface area (Å²) in [6.45, 7) is 7.47. The van der Waals surface area contributed by atoms with Gasteiger partial charge in [-0.2, -0.15) is 0 Å². The summed E-state index contributed by atoms with van der Waals surface area (Å²) >= 11 is 6.31. The molecule has 1 aromatic carbocycles. The van der Waals surface area contributed by atoms with Crippen LogP contribution in [0.3, 0.4) is 0 Å². The van der Waals surface area contributed by atoms with Gasteiger partial charge in [-0.05, 0) is 68.3 Å². The lowest BCUT2D eigenvalue weighted by Gasteiger charge is -2.22. The van der Waals surface area contributed by atoms with Crippen molar-refractivity contribution in [1.29, 1.82) is 0 Å². The van der Waals surface area contributed by atoms with E-state index in [4.69, 9.17) is 16.3 Å². The second-order valence-electron chi connectivity index (χ2n) is 5.85. The summed E-state index contributed by atoms with van der Waals surface area (Å²) < 4.78 is 5.85. The summed E-state index contributed by atoms with van der Waals surface area (Å²) in [5.41, 5.74) is 1.29. The third-order valence-corrected chi connectivity index (χ3v) is 4.62. The van der Waals surface area contributed by atoms with Crippen LogP contribution in [0.25, 0.3) is 0 Å². The van der Waals surface area contributed by atoms with Gasteiger partial charge in [0.1, 0.15) is 5.75 Å². The van der Waals surface area contributed by atoms with Crippen LogP contribution in [-0.4, -0.2) is 19.7 Å². The first-order chi connectivity index (χ1) is 9.70. The molecule has 1 saturated heterocycles. The molecule has 0 bridgehead atoms. The molecule has 0 saturated carbocycles. The predicted octanol–water partition coefficient (Wildman–Crippen LogP) is 4.62. The minimum absolute atomic E-state index is 0.551. The number of nitrogens with one attached hydrogen (secondary N) is 1. The molecule has 20 heavy (non-hydrogen) atoms. The molecule has 1 heterocycles. The number of rotatable bonds is 6. The van der Waals surface area contributed by atoms with Crippen molar-refractivity contribution in [3.8, 4) is 5.75 Å². The number of hydrogen-bond acceptors (Lipinski definition) is 2. The van der Waals surface area contributed by atoms with Crippen molar-refractivity contribution >= 4 is 11.6 Å². The second kappa shape index (κ2) is 7.90. The average Bonchev–Trinajstić information content (AvgIpc) is 2.49. The summed E-state index contributed by atoms with van der Waals surface area (Å²) in [5.74, 6) is 2.12. The summed E-state index contributed by atoms with van der Waals surface area (Å²) in [4.78, 5) is 0. The molecular weight excluding hydrogens is 270 g/mol. The van der Waals surface area contributed by atoms with Crippen molar-refractivity contribution in [1.82, 2.24) is 5.32 Å². The molecule has 1 aliphatic rings. The van der Waals surface area contributed by atoms with Gasteiger partial charge < -0.3 is 10.1 Å². The SMILES string of the molecule is CC[C@@H](C)c1ccc(OCC[C@@H]2CCCNC2)c(Cl)c1. The molecule has 3 heteroatoms. The molecule has 0 aliphatic carbocycles. The number of ether oxygens (including phenoxy) is 1.